The zero-order chi connectivity index (χ0) is 12.3. The summed E-state index contributed by atoms with van der Waals surface area (Å²) in [6.07, 6.45) is 3.81. The van der Waals surface area contributed by atoms with Crippen molar-refractivity contribution in [3.63, 3.8) is 0 Å². The fraction of sp³-hybridized carbons (Fsp3) is 0.615. The van der Waals surface area contributed by atoms with Gasteiger partial charge in [-0.2, -0.15) is 0 Å². The predicted molar refractivity (Wildman–Crippen MR) is 69.4 cm³/mol. The van der Waals surface area contributed by atoms with Gasteiger partial charge < -0.3 is 15.4 Å². The van der Waals surface area contributed by atoms with Crippen molar-refractivity contribution in [3.05, 3.63) is 18.3 Å². The summed E-state index contributed by atoms with van der Waals surface area (Å²) in [6.45, 7) is 6.69. The van der Waals surface area contributed by atoms with E-state index >= 15 is 0 Å². The minimum atomic E-state index is -0.0421. The largest absolute Gasteiger partial charge is 0.490 e. The van der Waals surface area contributed by atoms with E-state index in [0.29, 0.717) is 0 Å². The van der Waals surface area contributed by atoms with Gasteiger partial charge in [0.15, 0.2) is 11.6 Å². The Morgan fingerprint density at radius 1 is 1.47 bits per heavy atom. The minimum Gasteiger partial charge on any atom is -0.490 e. The summed E-state index contributed by atoms with van der Waals surface area (Å²) in [5, 5.41) is 0. The third kappa shape index (κ3) is 2.52. The number of anilines is 1. The van der Waals surface area contributed by atoms with Crippen molar-refractivity contribution in [3.8, 4) is 5.75 Å². The maximum Gasteiger partial charge on any atom is 0.171 e. The topological polar surface area (TPSA) is 51.4 Å². The second-order valence-corrected chi connectivity index (χ2v) is 4.75. The lowest BCUT2D eigenvalue weighted by Gasteiger charge is -2.48. The Labute approximate surface area is 103 Å². The first-order valence-electron chi connectivity index (χ1n) is 6.30. The molecule has 2 rings (SSSR count). The Morgan fingerprint density at radius 3 is 2.88 bits per heavy atom. The average molecular weight is 235 g/mol. The first kappa shape index (κ1) is 12.2. The van der Waals surface area contributed by atoms with Crippen molar-refractivity contribution in [1.29, 1.82) is 0 Å². The fourth-order valence-corrected chi connectivity index (χ4v) is 2.03. The summed E-state index contributed by atoms with van der Waals surface area (Å²) in [5.41, 5.74) is 6.13. The van der Waals surface area contributed by atoms with Gasteiger partial charge in [0.05, 0.1) is 12.1 Å². The Morgan fingerprint density at radius 2 is 2.24 bits per heavy atom. The second kappa shape index (κ2) is 4.92. The van der Waals surface area contributed by atoms with Crippen molar-refractivity contribution in [1.82, 2.24) is 4.98 Å². The number of nitrogens with zero attached hydrogens (tertiary/aromatic N) is 2. The standard InChI is InChI=1S/C13H21N3O/c1-3-8-17-11-6-5-7-15-12(11)16-9-13(14,4-2)10-16/h5-7H,3-4,8-10,14H2,1-2H3. The highest BCUT2D eigenvalue weighted by atomic mass is 16.5. The molecule has 4 nitrogen and oxygen atoms in total. The number of pyridine rings is 1. The molecule has 2 N–H and O–H groups in total. The molecule has 0 amide bonds. The zero-order valence-electron chi connectivity index (χ0n) is 10.6. The molecule has 0 bridgehead atoms. The Kier molecular flexibility index (Phi) is 3.52. The highest BCUT2D eigenvalue weighted by Gasteiger charge is 2.39. The van der Waals surface area contributed by atoms with Crippen LogP contribution in [0.3, 0.4) is 0 Å². The van der Waals surface area contributed by atoms with Gasteiger partial charge in [-0.1, -0.05) is 13.8 Å². The maximum absolute atomic E-state index is 6.17. The molecule has 1 aromatic heterocycles. The summed E-state index contributed by atoms with van der Waals surface area (Å²) < 4.78 is 5.70. The summed E-state index contributed by atoms with van der Waals surface area (Å²) in [5.74, 6) is 1.79. The molecule has 0 radical (unpaired) electrons. The van der Waals surface area contributed by atoms with Crippen molar-refractivity contribution >= 4 is 5.82 Å². The number of nitrogens with two attached hydrogens (primary N) is 1. The molecule has 2 heterocycles. The molecule has 4 heteroatoms. The summed E-state index contributed by atoms with van der Waals surface area (Å²) >= 11 is 0. The number of hydrogen-bond donors (Lipinski definition) is 1. The number of aromatic nitrogens is 1. The molecule has 0 aliphatic carbocycles. The van der Waals surface area contributed by atoms with E-state index in [0.717, 1.165) is 44.1 Å². The van der Waals surface area contributed by atoms with Gasteiger partial charge in [0, 0.05) is 19.3 Å². The van der Waals surface area contributed by atoms with Gasteiger partial charge in [-0.25, -0.2) is 4.98 Å². The van der Waals surface area contributed by atoms with Gasteiger partial charge >= 0.3 is 0 Å². The van der Waals surface area contributed by atoms with E-state index < -0.39 is 0 Å². The lowest BCUT2D eigenvalue weighted by Crippen LogP contribution is -2.67. The maximum atomic E-state index is 6.17. The van der Waals surface area contributed by atoms with Crippen LogP contribution in [0.25, 0.3) is 0 Å². The Balaban J connectivity index is 2.06. The zero-order valence-corrected chi connectivity index (χ0v) is 10.6. The molecular weight excluding hydrogens is 214 g/mol. The molecule has 94 valence electrons. The molecule has 1 saturated heterocycles. The average Bonchev–Trinajstić information content (AvgIpc) is 2.33. The van der Waals surface area contributed by atoms with Gasteiger partial charge in [0.2, 0.25) is 0 Å². The molecule has 17 heavy (non-hydrogen) atoms. The number of ether oxygens (including phenoxy) is 1. The van der Waals surface area contributed by atoms with Gasteiger partial charge in [-0.3, -0.25) is 0 Å². The lowest BCUT2D eigenvalue weighted by atomic mass is 9.88. The molecule has 0 spiro atoms. The van der Waals surface area contributed by atoms with Crippen LogP contribution in [0.2, 0.25) is 0 Å². The molecule has 1 fully saturated rings. The van der Waals surface area contributed by atoms with Crippen molar-refractivity contribution in [2.24, 2.45) is 5.73 Å². The Hall–Kier alpha value is -1.29. The summed E-state index contributed by atoms with van der Waals surface area (Å²) in [4.78, 5) is 6.59. The van der Waals surface area contributed by atoms with E-state index in [9.17, 15) is 0 Å². The highest BCUT2D eigenvalue weighted by Crippen LogP contribution is 2.33. The summed E-state index contributed by atoms with van der Waals surface area (Å²) in [6, 6.07) is 3.88. The smallest absolute Gasteiger partial charge is 0.171 e. The first-order valence-corrected chi connectivity index (χ1v) is 6.30. The molecule has 1 aromatic rings. The molecule has 0 aromatic carbocycles. The molecule has 0 saturated carbocycles. The van der Waals surface area contributed by atoms with Crippen molar-refractivity contribution < 1.29 is 4.74 Å². The number of hydrogen-bond acceptors (Lipinski definition) is 4. The predicted octanol–water partition coefficient (Wildman–Crippen LogP) is 1.80. The van der Waals surface area contributed by atoms with Crippen LogP contribution < -0.4 is 15.4 Å². The Bertz CT molecular complexity index is 375. The van der Waals surface area contributed by atoms with Gasteiger partial charge in [0.1, 0.15) is 0 Å². The second-order valence-electron chi connectivity index (χ2n) is 4.75. The molecule has 0 unspecified atom stereocenters. The quantitative estimate of drug-likeness (QED) is 0.845. The first-order chi connectivity index (χ1) is 8.18. The van der Waals surface area contributed by atoms with Crippen LogP contribution in [-0.4, -0.2) is 30.2 Å². The van der Waals surface area contributed by atoms with Gasteiger partial charge in [-0.05, 0) is 25.0 Å². The SMILES string of the molecule is CCCOc1cccnc1N1CC(N)(CC)C1. The van der Waals surface area contributed by atoms with Crippen LogP contribution in [0.15, 0.2) is 18.3 Å². The van der Waals surface area contributed by atoms with Gasteiger partial charge in [0.25, 0.3) is 0 Å². The van der Waals surface area contributed by atoms with Gasteiger partial charge in [-0.15, -0.1) is 0 Å². The molecule has 1 aliphatic rings. The third-order valence-electron chi connectivity index (χ3n) is 3.23. The van der Waals surface area contributed by atoms with Crippen molar-refractivity contribution in [2.75, 3.05) is 24.6 Å². The van der Waals surface area contributed by atoms with E-state index in [4.69, 9.17) is 10.5 Å². The summed E-state index contributed by atoms with van der Waals surface area (Å²) in [7, 11) is 0. The minimum absolute atomic E-state index is 0.0421. The lowest BCUT2D eigenvalue weighted by molar-refractivity contribution is 0.297. The van der Waals surface area contributed by atoms with E-state index in [1.54, 1.807) is 6.20 Å². The van der Waals surface area contributed by atoms with E-state index in [-0.39, 0.29) is 5.54 Å². The monoisotopic (exact) mass is 235 g/mol. The third-order valence-corrected chi connectivity index (χ3v) is 3.23. The molecular formula is C13H21N3O. The number of rotatable bonds is 5. The fourth-order valence-electron chi connectivity index (χ4n) is 2.03. The van der Waals surface area contributed by atoms with E-state index in [1.165, 1.54) is 0 Å². The highest BCUT2D eigenvalue weighted by molar-refractivity contribution is 5.55. The van der Waals surface area contributed by atoms with E-state index in [2.05, 4.69) is 23.7 Å². The molecule has 1 aliphatic heterocycles. The van der Waals surface area contributed by atoms with Crippen LogP contribution in [0.4, 0.5) is 5.82 Å². The van der Waals surface area contributed by atoms with Crippen LogP contribution in [0.1, 0.15) is 26.7 Å². The van der Waals surface area contributed by atoms with Crippen molar-refractivity contribution in [2.45, 2.75) is 32.2 Å². The van der Waals surface area contributed by atoms with Crippen LogP contribution in [-0.2, 0) is 0 Å². The molecule has 0 atom stereocenters. The van der Waals surface area contributed by atoms with Crippen LogP contribution in [0.5, 0.6) is 5.75 Å². The van der Waals surface area contributed by atoms with Crippen LogP contribution in [0, 0.1) is 0 Å². The van der Waals surface area contributed by atoms with Crippen LogP contribution >= 0.6 is 0 Å². The normalized spacial score (nSPS) is 17.7. The van der Waals surface area contributed by atoms with E-state index in [1.807, 2.05) is 12.1 Å².